The molecule has 0 spiro atoms. The van der Waals surface area contributed by atoms with Crippen LogP contribution in [0.5, 0.6) is 17.2 Å². The largest absolute Gasteiger partial charge is 0.497 e. The molecule has 0 radical (unpaired) electrons. The molecule has 1 heterocycles. The van der Waals surface area contributed by atoms with Crippen LogP contribution in [0.1, 0.15) is 21.5 Å². The molecule has 10 heteroatoms. The number of rotatable bonds is 7. The molecule has 0 amide bonds. The number of aliphatic imine (C=N–C) groups is 1. The fourth-order valence-electron chi connectivity index (χ4n) is 3.16. The summed E-state index contributed by atoms with van der Waals surface area (Å²) in [6.07, 6.45) is 1.48. The maximum Gasteiger partial charge on any atom is 0.363 e. The second-order valence-corrected chi connectivity index (χ2v) is 7.17. The molecule has 10 nitrogen and oxygen atoms in total. The molecule has 0 fully saturated rings. The third kappa shape index (κ3) is 5.17. The Hall–Kier alpha value is -4.99. The summed E-state index contributed by atoms with van der Waals surface area (Å²) in [7, 11) is 2.95. The lowest BCUT2D eigenvalue weighted by atomic mass is 10.1. The van der Waals surface area contributed by atoms with Crippen molar-refractivity contribution in [2.24, 2.45) is 4.99 Å². The van der Waals surface area contributed by atoms with Gasteiger partial charge in [0, 0.05) is 17.7 Å². The van der Waals surface area contributed by atoms with E-state index in [0.29, 0.717) is 22.4 Å². The number of benzene rings is 3. The fraction of sp³-hybridized carbons (Fsp3) is 0.0800. The predicted octanol–water partition coefficient (Wildman–Crippen LogP) is 4.18. The van der Waals surface area contributed by atoms with Crippen LogP contribution in [-0.4, -0.2) is 37.0 Å². The normalized spacial score (nSPS) is 13.7. The number of hydrogen-bond donors (Lipinski definition) is 0. The summed E-state index contributed by atoms with van der Waals surface area (Å²) in [4.78, 5) is 39.2. The number of carbonyl (C=O) groups is 2. The van der Waals surface area contributed by atoms with Gasteiger partial charge in [0.2, 0.25) is 5.90 Å². The van der Waals surface area contributed by atoms with E-state index in [1.807, 2.05) is 0 Å². The van der Waals surface area contributed by atoms with Crippen LogP contribution >= 0.6 is 0 Å². The summed E-state index contributed by atoms with van der Waals surface area (Å²) in [6.45, 7) is 0. The van der Waals surface area contributed by atoms with E-state index >= 15 is 0 Å². The van der Waals surface area contributed by atoms with E-state index in [4.69, 9.17) is 18.9 Å². The molecule has 1 aliphatic heterocycles. The average molecular weight is 474 g/mol. The summed E-state index contributed by atoms with van der Waals surface area (Å²) in [6, 6.07) is 16.7. The average Bonchev–Trinajstić information content (AvgIpc) is 3.24. The van der Waals surface area contributed by atoms with Gasteiger partial charge < -0.3 is 18.9 Å². The fourth-order valence-corrected chi connectivity index (χ4v) is 3.16. The summed E-state index contributed by atoms with van der Waals surface area (Å²) in [5.74, 6) is -0.137. The monoisotopic (exact) mass is 474 g/mol. The Labute approximate surface area is 199 Å². The lowest BCUT2D eigenvalue weighted by Gasteiger charge is -2.10. The van der Waals surface area contributed by atoms with Gasteiger partial charge in [0.1, 0.15) is 5.75 Å². The molecule has 0 N–H and O–H groups in total. The van der Waals surface area contributed by atoms with Gasteiger partial charge in [-0.2, -0.15) is 0 Å². The van der Waals surface area contributed by atoms with Gasteiger partial charge in [-0.1, -0.05) is 6.07 Å². The van der Waals surface area contributed by atoms with Crippen LogP contribution in [-0.2, 0) is 9.53 Å². The first-order valence-corrected chi connectivity index (χ1v) is 10.2. The topological polar surface area (TPSA) is 127 Å². The van der Waals surface area contributed by atoms with Crippen LogP contribution in [0.2, 0.25) is 0 Å². The van der Waals surface area contributed by atoms with E-state index < -0.39 is 16.9 Å². The molecule has 35 heavy (non-hydrogen) atoms. The van der Waals surface area contributed by atoms with Crippen molar-refractivity contribution in [1.82, 2.24) is 0 Å². The third-order valence-corrected chi connectivity index (χ3v) is 4.97. The van der Waals surface area contributed by atoms with Crippen LogP contribution in [0.15, 0.2) is 77.4 Å². The highest BCUT2D eigenvalue weighted by molar-refractivity contribution is 6.12. The summed E-state index contributed by atoms with van der Waals surface area (Å²) < 4.78 is 21.1. The van der Waals surface area contributed by atoms with Gasteiger partial charge in [-0.05, 0) is 60.2 Å². The van der Waals surface area contributed by atoms with Crippen molar-refractivity contribution in [2.75, 3.05) is 14.2 Å². The van der Waals surface area contributed by atoms with E-state index in [2.05, 4.69) is 4.99 Å². The first-order chi connectivity index (χ1) is 16.9. The van der Waals surface area contributed by atoms with Crippen molar-refractivity contribution in [3.8, 4) is 17.2 Å². The minimum Gasteiger partial charge on any atom is -0.497 e. The molecule has 0 aromatic heterocycles. The number of methoxy groups -OCH3 is 2. The van der Waals surface area contributed by atoms with Crippen LogP contribution in [0.4, 0.5) is 5.69 Å². The third-order valence-electron chi connectivity index (χ3n) is 4.97. The van der Waals surface area contributed by atoms with E-state index in [-0.39, 0.29) is 28.8 Å². The molecule has 0 saturated carbocycles. The minimum absolute atomic E-state index is 0.0309. The molecule has 4 rings (SSSR count). The second kappa shape index (κ2) is 9.87. The SMILES string of the molecule is COc1ccc(C(=O)Oc2ccc(/C=C3\N=C(c4ccc([N+](=O)[O-])cc4)OC3=O)cc2OC)cc1. The number of nitrogens with zero attached hydrogens (tertiary/aromatic N) is 2. The maximum absolute atomic E-state index is 12.5. The molecule has 0 bridgehead atoms. The van der Waals surface area contributed by atoms with Gasteiger partial charge in [0.25, 0.3) is 5.69 Å². The molecule has 0 unspecified atom stereocenters. The molecular weight excluding hydrogens is 456 g/mol. The van der Waals surface area contributed by atoms with Crippen molar-refractivity contribution >= 4 is 29.6 Å². The van der Waals surface area contributed by atoms with Crippen molar-refractivity contribution in [1.29, 1.82) is 0 Å². The van der Waals surface area contributed by atoms with E-state index in [1.165, 1.54) is 50.6 Å². The number of nitro benzene ring substituents is 1. The lowest BCUT2D eigenvalue weighted by molar-refractivity contribution is -0.384. The first-order valence-electron chi connectivity index (χ1n) is 10.2. The van der Waals surface area contributed by atoms with Gasteiger partial charge >= 0.3 is 11.9 Å². The number of ether oxygens (including phenoxy) is 4. The number of nitro groups is 1. The minimum atomic E-state index is -0.674. The molecule has 3 aromatic rings. The highest BCUT2D eigenvalue weighted by Gasteiger charge is 2.25. The smallest absolute Gasteiger partial charge is 0.363 e. The predicted molar refractivity (Wildman–Crippen MR) is 125 cm³/mol. The highest BCUT2D eigenvalue weighted by atomic mass is 16.6. The standard InChI is InChI=1S/C25H18N2O8/c1-32-19-10-6-17(7-11-19)24(28)34-21-12-3-15(14-22(21)33-2)13-20-25(29)35-23(26-20)16-4-8-18(9-5-16)27(30)31/h3-14H,1-2H3/b20-13-. The van der Waals surface area contributed by atoms with Gasteiger partial charge in [0.15, 0.2) is 17.2 Å². The Kier molecular flexibility index (Phi) is 6.54. The molecule has 0 atom stereocenters. The number of esters is 2. The Bertz CT molecular complexity index is 1360. The highest BCUT2D eigenvalue weighted by Crippen LogP contribution is 2.31. The van der Waals surface area contributed by atoms with Gasteiger partial charge in [0.05, 0.1) is 24.7 Å². The Morgan fingerprint density at radius 1 is 0.971 bits per heavy atom. The van der Waals surface area contributed by atoms with E-state index in [0.717, 1.165) is 0 Å². The zero-order chi connectivity index (χ0) is 24.9. The number of cyclic esters (lactones) is 1. The summed E-state index contributed by atoms with van der Waals surface area (Å²) in [5.41, 5.74) is 1.25. The molecule has 0 saturated heterocycles. The van der Waals surface area contributed by atoms with Gasteiger partial charge in [-0.25, -0.2) is 14.6 Å². The lowest BCUT2D eigenvalue weighted by Crippen LogP contribution is -2.09. The zero-order valence-corrected chi connectivity index (χ0v) is 18.6. The van der Waals surface area contributed by atoms with Crippen molar-refractivity contribution in [3.63, 3.8) is 0 Å². The maximum atomic E-state index is 12.5. The van der Waals surface area contributed by atoms with Crippen molar-refractivity contribution in [2.45, 2.75) is 0 Å². The number of hydrogen-bond acceptors (Lipinski definition) is 9. The zero-order valence-electron chi connectivity index (χ0n) is 18.6. The van der Waals surface area contributed by atoms with Crippen LogP contribution in [0.3, 0.4) is 0 Å². The number of carbonyl (C=O) groups excluding carboxylic acids is 2. The van der Waals surface area contributed by atoms with E-state index in [1.54, 1.807) is 36.4 Å². The number of non-ortho nitro benzene ring substituents is 1. The molecule has 176 valence electrons. The van der Waals surface area contributed by atoms with Crippen LogP contribution in [0, 0.1) is 10.1 Å². The summed E-state index contributed by atoms with van der Waals surface area (Å²) in [5, 5.41) is 10.8. The van der Waals surface area contributed by atoms with Crippen molar-refractivity contribution in [3.05, 3.63) is 99.2 Å². The Morgan fingerprint density at radius 2 is 1.69 bits per heavy atom. The summed E-state index contributed by atoms with van der Waals surface area (Å²) >= 11 is 0. The Morgan fingerprint density at radius 3 is 2.31 bits per heavy atom. The van der Waals surface area contributed by atoms with Crippen LogP contribution < -0.4 is 14.2 Å². The van der Waals surface area contributed by atoms with Crippen molar-refractivity contribution < 1.29 is 33.5 Å². The van der Waals surface area contributed by atoms with Gasteiger partial charge in [-0.3, -0.25) is 10.1 Å². The van der Waals surface area contributed by atoms with Gasteiger partial charge in [-0.15, -0.1) is 0 Å². The quantitative estimate of drug-likeness (QED) is 0.164. The molecular formula is C25H18N2O8. The van der Waals surface area contributed by atoms with E-state index in [9.17, 15) is 19.7 Å². The molecule has 3 aromatic carbocycles. The Balaban J connectivity index is 1.54. The molecule has 0 aliphatic carbocycles. The van der Waals surface area contributed by atoms with Crippen LogP contribution in [0.25, 0.3) is 6.08 Å². The first kappa shape index (κ1) is 23.2. The molecule has 1 aliphatic rings. The second-order valence-electron chi connectivity index (χ2n) is 7.17.